The van der Waals surface area contributed by atoms with Crippen LogP contribution in [0.1, 0.15) is 27.9 Å². The molecule has 7 nitrogen and oxygen atoms in total. The summed E-state index contributed by atoms with van der Waals surface area (Å²) in [6.07, 6.45) is 0.898. The van der Waals surface area contributed by atoms with Crippen LogP contribution in [0.15, 0.2) is 91.0 Å². The van der Waals surface area contributed by atoms with Crippen molar-refractivity contribution in [1.29, 1.82) is 0 Å². The van der Waals surface area contributed by atoms with Crippen LogP contribution in [0.2, 0.25) is 5.02 Å². The van der Waals surface area contributed by atoms with Crippen LogP contribution in [0.5, 0.6) is 11.5 Å². The fourth-order valence-corrected chi connectivity index (χ4v) is 5.56. The molecule has 0 N–H and O–H groups in total. The Hall–Kier alpha value is -4.33. The van der Waals surface area contributed by atoms with Gasteiger partial charge in [0.2, 0.25) is 5.91 Å². The largest absolute Gasteiger partial charge is 0.465 e. The molecule has 1 aliphatic heterocycles. The smallest absolute Gasteiger partial charge is 0.341 e. The number of anilines is 1. The molecule has 1 aliphatic rings. The number of carbonyl (C=O) groups is 2. The first kappa shape index (κ1) is 31.1. The highest BCUT2D eigenvalue weighted by Gasteiger charge is 2.22. The number of halogens is 1. The van der Waals surface area contributed by atoms with Gasteiger partial charge in [0, 0.05) is 70.0 Å². The van der Waals surface area contributed by atoms with Crippen molar-refractivity contribution in [2.75, 3.05) is 52.3 Å². The first-order valence-corrected chi connectivity index (χ1v) is 15.2. The van der Waals surface area contributed by atoms with Gasteiger partial charge < -0.3 is 19.3 Å². The minimum absolute atomic E-state index is 0.0460. The Morgan fingerprint density at radius 3 is 2.20 bits per heavy atom. The highest BCUT2D eigenvalue weighted by atomic mass is 35.5. The lowest BCUT2D eigenvalue weighted by atomic mass is 9.99. The minimum Gasteiger partial charge on any atom is -0.465 e. The predicted molar refractivity (Wildman–Crippen MR) is 176 cm³/mol. The molecule has 0 aromatic heterocycles. The number of ether oxygens (including phenoxy) is 2. The summed E-state index contributed by atoms with van der Waals surface area (Å²) in [5, 5.41) is 0.733. The standard InChI is InChI=1S/C36H38ClN3O4/c1-38(2)35(41)19-14-27-8-5-7-11-33(27)44-34-24-30(17-18-32(34)36(42)43-3)40-22-20-39(21-23-40)25-28-9-4-6-10-31(28)26-12-15-29(37)16-13-26/h4-13,15-18,24H,14,19-23,25H2,1-3H3. The summed E-state index contributed by atoms with van der Waals surface area (Å²) >= 11 is 6.12. The Labute approximate surface area is 264 Å². The van der Waals surface area contributed by atoms with Crippen molar-refractivity contribution in [1.82, 2.24) is 9.80 Å². The molecule has 5 rings (SSSR count). The number of amides is 1. The molecule has 0 atom stereocenters. The van der Waals surface area contributed by atoms with E-state index in [1.807, 2.05) is 48.5 Å². The van der Waals surface area contributed by atoms with E-state index in [0.717, 1.165) is 54.6 Å². The van der Waals surface area contributed by atoms with Crippen LogP contribution in [0.4, 0.5) is 5.69 Å². The molecule has 0 aliphatic carbocycles. The molecule has 44 heavy (non-hydrogen) atoms. The topological polar surface area (TPSA) is 62.3 Å². The van der Waals surface area contributed by atoms with Gasteiger partial charge in [-0.25, -0.2) is 4.79 Å². The van der Waals surface area contributed by atoms with Crippen molar-refractivity contribution in [3.05, 3.63) is 113 Å². The number of piperazine rings is 1. The number of hydrogen-bond acceptors (Lipinski definition) is 6. The average Bonchev–Trinajstić information content (AvgIpc) is 3.05. The van der Waals surface area contributed by atoms with Gasteiger partial charge in [-0.2, -0.15) is 0 Å². The van der Waals surface area contributed by atoms with E-state index in [4.69, 9.17) is 21.1 Å². The summed E-state index contributed by atoms with van der Waals surface area (Å²) < 4.78 is 11.4. The molecule has 4 aromatic rings. The summed E-state index contributed by atoms with van der Waals surface area (Å²) in [6, 6.07) is 29.8. The van der Waals surface area contributed by atoms with Gasteiger partial charge in [0.25, 0.3) is 0 Å². The zero-order valence-corrected chi connectivity index (χ0v) is 26.2. The number of methoxy groups -OCH3 is 1. The van der Waals surface area contributed by atoms with Crippen LogP contribution in [0.3, 0.4) is 0 Å². The van der Waals surface area contributed by atoms with Crippen molar-refractivity contribution in [3.63, 3.8) is 0 Å². The number of aryl methyl sites for hydroxylation is 1. The highest BCUT2D eigenvalue weighted by molar-refractivity contribution is 6.30. The van der Waals surface area contributed by atoms with Crippen LogP contribution in [0, 0.1) is 0 Å². The second-order valence-electron chi connectivity index (χ2n) is 11.1. The van der Waals surface area contributed by atoms with E-state index < -0.39 is 5.97 Å². The van der Waals surface area contributed by atoms with Crippen molar-refractivity contribution in [2.24, 2.45) is 0 Å². The third-order valence-electron chi connectivity index (χ3n) is 7.97. The van der Waals surface area contributed by atoms with Crippen molar-refractivity contribution >= 4 is 29.2 Å². The normalized spacial score (nSPS) is 13.4. The minimum atomic E-state index is -0.462. The summed E-state index contributed by atoms with van der Waals surface area (Å²) in [6.45, 7) is 4.32. The van der Waals surface area contributed by atoms with E-state index in [-0.39, 0.29) is 5.91 Å². The maximum Gasteiger partial charge on any atom is 0.341 e. The number of benzene rings is 4. The number of carbonyl (C=O) groups excluding carboxylic acids is 2. The lowest BCUT2D eigenvalue weighted by molar-refractivity contribution is -0.128. The third-order valence-corrected chi connectivity index (χ3v) is 8.23. The number of para-hydroxylation sites is 1. The van der Waals surface area contributed by atoms with Crippen molar-refractivity contribution in [3.8, 4) is 22.6 Å². The van der Waals surface area contributed by atoms with Gasteiger partial charge in [-0.05, 0) is 59.0 Å². The van der Waals surface area contributed by atoms with Crippen LogP contribution in [0.25, 0.3) is 11.1 Å². The zero-order chi connectivity index (χ0) is 31.1. The van der Waals surface area contributed by atoms with Crippen molar-refractivity contribution in [2.45, 2.75) is 19.4 Å². The maximum atomic E-state index is 12.7. The fourth-order valence-electron chi connectivity index (χ4n) is 5.44. The van der Waals surface area contributed by atoms with Gasteiger partial charge in [0.15, 0.2) is 0 Å². The van der Waals surface area contributed by atoms with Crippen LogP contribution in [-0.4, -0.2) is 69.1 Å². The molecular weight excluding hydrogens is 574 g/mol. The zero-order valence-electron chi connectivity index (χ0n) is 25.5. The summed E-state index contributed by atoms with van der Waals surface area (Å²) in [4.78, 5) is 31.3. The Balaban J connectivity index is 1.30. The van der Waals surface area contributed by atoms with Gasteiger partial charge in [-0.1, -0.05) is 66.2 Å². The van der Waals surface area contributed by atoms with Gasteiger partial charge in [-0.15, -0.1) is 0 Å². The van der Waals surface area contributed by atoms with Gasteiger partial charge in [-0.3, -0.25) is 9.69 Å². The van der Waals surface area contributed by atoms with E-state index in [1.54, 1.807) is 25.1 Å². The number of esters is 1. The molecule has 0 radical (unpaired) electrons. The van der Waals surface area contributed by atoms with Crippen molar-refractivity contribution < 1.29 is 19.1 Å². The molecule has 0 bridgehead atoms. The number of hydrogen-bond donors (Lipinski definition) is 0. The molecule has 0 saturated carbocycles. The van der Waals surface area contributed by atoms with Crippen LogP contribution < -0.4 is 9.64 Å². The van der Waals surface area contributed by atoms with E-state index in [2.05, 4.69) is 46.2 Å². The Kier molecular flexibility index (Phi) is 10.2. The monoisotopic (exact) mass is 611 g/mol. The molecule has 0 unspecified atom stereocenters. The first-order valence-electron chi connectivity index (χ1n) is 14.8. The van der Waals surface area contributed by atoms with E-state index in [9.17, 15) is 9.59 Å². The van der Waals surface area contributed by atoms with E-state index in [1.165, 1.54) is 18.2 Å². The van der Waals surface area contributed by atoms with E-state index >= 15 is 0 Å². The second-order valence-corrected chi connectivity index (χ2v) is 11.5. The Morgan fingerprint density at radius 2 is 1.50 bits per heavy atom. The van der Waals surface area contributed by atoms with E-state index in [0.29, 0.717) is 29.9 Å². The average molecular weight is 612 g/mol. The van der Waals surface area contributed by atoms with Crippen LogP contribution in [-0.2, 0) is 22.5 Å². The third kappa shape index (κ3) is 7.59. The molecule has 4 aromatic carbocycles. The molecule has 1 heterocycles. The molecule has 8 heteroatoms. The molecule has 1 saturated heterocycles. The number of nitrogens with zero attached hydrogens (tertiary/aromatic N) is 3. The second kappa shape index (κ2) is 14.4. The Bertz CT molecular complexity index is 1600. The quantitative estimate of drug-likeness (QED) is 0.181. The lowest BCUT2D eigenvalue weighted by Crippen LogP contribution is -2.46. The molecular formula is C36H38ClN3O4. The lowest BCUT2D eigenvalue weighted by Gasteiger charge is -2.36. The van der Waals surface area contributed by atoms with Crippen LogP contribution >= 0.6 is 11.6 Å². The highest BCUT2D eigenvalue weighted by Crippen LogP contribution is 2.34. The fraction of sp³-hybridized carbons (Fsp3) is 0.278. The SMILES string of the molecule is COC(=O)c1ccc(N2CCN(Cc3ccccc3-c3ccc(Cl)cc3)CC2)cc1Oc1ccccc1CCC(=O)N(C)C. The molecule has 0 spiro atoms. The molecule has 1 amide bonds. The van der Waals surface area contributed by atoms with Gasteiger partial charge in [0.05, 0.1) is 7.11 Å². The summed E-state index contributed by atoms with van der Waals surface area (Å²) in [7, 11) is 4.86. The summed E-state index contributed by atoms with van der Waals surface area (Å²) in [5.74, 6) is 0.631. The van der Waals surface area contributed by atoms with Gasteiger partial charge >= 0.3 is 5.97 Å². The Morgan fingerprint density at radius 1 is 0.818 bits per heavy atom. The molecule has 1 fully saturated rings. The summed E-state index contributed by atoms with van der Waals surface area (Å²) in [5.41, 5.74) is 5.90. The molecule has 228 valence electrons. The van der Waals surface area contributed by atoms with Gasteiger partial charge in [0.1, 0.15) is 17.1 Å². The number of rotatable bonds is 10. The predicted octanol–water partition coefficient (Wildman–Crippen LogP) is 6.93. The maximum absolute atomic E-state index is 12.7. The first-order chi connectivity index (χ1) is 21.3.